The van der Waals surface area contributed by atoms with E-state index in [9.17, 15) is 4.79 Å². The Morgan fingerprint density at radius 3 is 2.79 bits per heavy atom. The van der Waals surface area contributed by atoms with Crippen LogP contribution in [-0.4, -0.2) is 24.4 Å². The number of anilines is 1. The molecule has 2 aromatic rings. The van der Waals surface area contributed by atoms with Crippen molar-refractivity contribution in [2.45, 2.75) is 37.7 Å². The number of benzene rings is 2. The third-order valence-electron chi connectivity index (χ3n) is 4.35. The Hall–Kier alpha value is -1.78. The summed E-state index contributed by atoms with van der Waals surface area (Å²) in [5.74, 6) is 0.835. The molecule has 0 aliphatic carbocycles. The van der Waals surface area contributed by atoms with Gasteiger partial charge in [-0.15, -0.1) is 11.8 Å². The van der Waals surface area contributed by atoms with Gasteiger partial charge in [0.25, 0.3) is 5.91 Å². The first-order valence-corrected chi connectivity index (χ1v) is 9.34. The zero-order valence-corrected chi connectivity index (χ0v) is 15.0. The lowest BCUT2D eigenvalue weighted by Gasteiger charge is -2.13. The fraction of sp³-hybridized carbons (Fsp3) is 0.350. The molecule has 0 aromatic heterocycles. The van der Waals surface area contributed by atoms with Crippen molar-refractivity contribution in [2.75, 3.05) is 17.7 Å². The van der Waals surface area contributed by atoms with Crippen LogP contribution < -0.4 is 5.32 Å². The Kier molecular flexibility index (Phi) is 5.59. The summed E-state index contributed by atoms with van der Waals surface area (Å²) < 4.78 is 5.67. The van der Waals surface area contributed by atoms with Crippen molar-refractivity contribution in [3.05, 3.63) is 59.2 Å². The fourth-order valence-electron chi connectivity index (χ4n) is 2.76. The topological polar surface area (TPSA) is 38.3 Å². The summed E-state index contributed by atoms with van der Waals surface area (Å²) in [6.07, 6.45) is 2.57. The summed E-state index contributed by atoms with van der Waals surface area (Å²) in [5, 5.41) is 3.01. The zero-order chi connectivity index (χ0) is 16.9. The molecule has 4 heteroatoms. The molecule has 24 heavy (non-hydrogen) atoms. The van der Waals surface area contributed by atoms with E-state index >= 15 is 0 Å². The third kappa shape index (κ3) is 4.19. The summed E-state index contributed by atoms with van der Waals surface area (Å²) in [7, 11) is 0. The second-order valence-electron chi connectivity index (χ2n) is 6.20. The smallest absolute Gasteiger partial charge is 0.256 e. The van der Waals surface area contributed by atoms with E-state index in [0.717, 1.165) is 41.3 Å². The van der Waals surface area contributed by atoms with E-state index in [1.54, 1.807) is 11.8 Å². The largest absolute Gasteiger partial charge is 0.377 e. The van der Waals surface area contributed by atoms with Crippen LogP contribution in [0.25, 0.3) is 0 Å². The number of carbonyl (C=O) groups excluding carboxylic acids is 1. The third-order valence-corrected chi connectivity index (χ3v) is 5.55. The summed E-state index contributed by atoms with van der Waals surface area (Å²) in [6, 6.07) is 13.8. The molecule has 1 fully saturated rings. The first kappa shape index (κ1) is 17.1. The van der Waals surface area contributed by atoms with Crippen LogP contribution in [0.1, 0.15) is 34.3 Å². The van der Waals surface area contributed by atoms with Gasteiger partial charge in [0, 0.05) is 22.9 Å². The van der Waals surface area contributed by atoms with E-state index in [1.807, 2.05) is 42.5 Å². The highest BCUT2D eigenvalue weighted by molar-refractivity contribution is 7.99. The number of carbonyl (C=O) groups is 1. The van der Waals surface area contributed by atoms with Crippen LogP contribution in [0.4, 0.5) is 5.69 Å². The van der Waals surface area contributed by atoms with Crippen LogP contribution in [0.3, 0.4) is 0 Å². The molecular weight excluding hydrogens is 318 g/mol. The van der Waals surface area contributed by atoms with E-state index in [0.29, 0.717) is 6.10 Å². The quantitative estimate of drug-likeness (QED) is 0.792. The average molecular weight is 341 g/mol. The van der Waals surface area contributed by atoms with Crippen LogP contribution >= 0.6 is 11.8 Å². The van der Waals surface area contributed by atoms with Gasteiger partial charge in [-0.25, -0.2) is 0 Å². The number of hydrogen-bond acceptors (Lipinski definition) is 3. The summed E-state index contributed by atoms with van der Waals surface area (Å²) in [5.41, 5.74) is 3.95. The first-order chi connectivity index (χ1) is 11.6. The van der Waals surface area contributed by atoms with Crippen LogP contribution in [0.15, 0.2) is 47.4 Å². The van der Waals surface area contributed by atoms with Crippen LogP contribution in [0, 0.1) is 13.8 Å². The van der Waals surface area contributed by atoms with Gasteiger partial charge >= 0.3 is 0 Å². The number of thioether (sulfide) groups is 1. The lowest BCUT2D eigenvalue weighted by molar-refractivity contribution is 0.102. The van der Waals surface area contributed by atoms with Crippen molar-refractivity contribution in [2.24, 2.45) is 0 Å². The SMILES string of the molecule is Cc1ccc(NC(=O)c2ccccc2SCC2CCCO2)cc1C. The fourth-order valence-corrected chi connectivity index (χ4v) is 3.88. The van der Waals surface area contributed by atoms with Gasteiger partial charge < -0.3 is 10.1 Å². The summed E-state index contributed by atoms with van der Waals surface area (Å²) in [4.78, 5) is 13.7. The maximum Gasteiger partial charge on any atom is 0.256 e. The maximum absolute atomic E-state index is 12.7. The van der Waals surface area contributed by atoms with E-state index in [4.69, 9.17) is 4.74 Å². The highest BCUT2D eigenvalue weighted by Gasteiger charge is 2.18. The second kappa shape index (κ2) is 7.86. The van der Waals surface area contributed by atoms with Gasteiger partial charge in [-0.1, -0.05) is 18.2 Å². The molecule has 1 unspecified atom stereocenters. The molecular formula is C20H23NO2S. The molecule has 0 saturated carbocycles. The monoisotopic (exact) mass is 341 g/mol. The van der Waals surface area contributed by atoms with Gasteiger partial charge in [-0.05, 0) is 62.1 Å². The average Bonchev–Trinajstić information content (AvgIpc) is 3.10. The van der Waals surface area contributed by atoms with Crippen molar-refractivity contribution < 1.29 is 9.53 Å². The number of rotatable bonds is 5. The molecule has 126 valence electrons. The molecule has 0 bridgehead atoms. The Labute approximate surface area is 147 Å². The van der Waals surface area contributed by atoms with E-state index < -0.39 is 0 Å². The standard InChI is InChI=1S/C20H23NO2S/c1-14-9-10-16(12-15(14)2)21-20(22)18-7-3-4-8-19(18)24-13-17-6-5-11-23-17/h3-4,7-10,12,17H,5-6,11,13H2,1-2H3,(H,21,22). The highest BCUT2D eigenvalue weighted by Crippen LogP contribution is 2.27. The van der Waals surface area contributed by atoms with Gasteiger partial charge in [-0.3, -0.25) is 4.79 Å². The van der Waals surface area contributed by atoms with Gasteiger partial charge in [-0.2, -0.15) is 0 Å². The van der Waals surface area contributed by atoms with Gasteiger partial charge in [0.2, 0.25) is 0 Å². The predicted octanol–water partition coefficient (Wildman–Crippen LogP) is 4.83. The van der Waals surface area contributed by atoms with Crippen LogP contribution in [-0.2, 0) is 4.74 Å². The molecule has 1 atom stereocenters. The van der Waals surface area contributed by atoms with E-state index in [2.05, 4.69) is 19.2 Å². The van der Waals surface area contributed by atoms with Crippen molar-refractivity contribution in [1.82, 2.24) is 0 Å². The molecule has 1 aliphatic heterocycles. The molecule has 3 nitrogen and oxygen atoms in total. The van der Waals surface area contributed by atoms with E-state index in [1.165, 1.54) is 11.1 Å². The number of hydrogen-bond donors (Lipinski definition) is 1. The lowest BCUT2D eigenvalue weighted by Crippen LogP contribution is -2.14. The molecule has 1 amide bonds. The maximum atomic E-state index is 12.7. The van der Waals surface area contributed by atoms with Crippen LogP contribution in [0.5, 0.6) is 0 Å². The molecule has 1 heterocycles. The number of ether oxygens (including phenoxy) is 1. The first-order valence-electron chi connectivity index (χ1n) is 8.35. The number of amides is 1. The van der Waals surface area contributed by atoms with Crippen molar-refractivity contribution in [1.29, 1.82) is 0 Å². The summed E-state index contributed by atoms with van der Waals surface area (Å²) in [6.45, 7) is 4.98. The number of aryl methyl sites for hydroxylation is 2. The Morgan fingerprint density at radius 2 is 2.04 bits per heavy atom. The molecule has 0 radical (unpaired) electrons. The lowest BCUT2D eigenvalue weighted by atomic mass is 10.1. The normalized spacial score (nSPS) is 17.0. The zero-order valence-electron chi connectivity index (χ0n) is 14.2. The molecule has 1 aliphatic rings. The van der Waals surface area contributed by atoms with Crippen LogP contribution in [0.2, 0.25) is 0 Å². The predicted molar refractivity (Wildman–Crippen MR) is 100 cm³/mol. The minimum atomic E-state index is -0.0614. The van der Waals surface area contributed by atoms with Gasteiger partial charge in [0.15, 0.2) is 0 Å². The van der Waals surface area contributed by atoms with Crippen molar-refractivity contribution in [3.63, 3.8) is 0 Å². The second-order valence-corrected chi connectivity index (χ2v) is 7.26. The van der Waals surface area contributed by atoms with Crippen molar-refractivity contribution >= 4 is 23.4 Å². The van der Waals surface area contributed by atoms with Gasteiger partial charge in [0.05, 0.1) is 11.7 Å². The Bertz CT molecular complexity index is 723. The molecule has 3 rings (SSSR count). The minimum absolute atomic E-state index is 0.0614. The summed E-state index contributed by atoms with van der Waals surface area (Å²) >= 11 is 1.70. The molecule has 1 N–H and O–H groups in total. The van der Waals surface area contributed by atoms with Gasteiger partial charge in [0.1, 0.15) is 0 Å². The van der Waals surface area contributed by atoms with Crippen molar-refractivity contribution in [3.8, 4) is 0 Å². The number of nitrogens with one attached hydrogen (secondary N) is 1. The Morgan fingerprint density at radius 1 is 1.21 bits per heavy atom. The highest BCUT2D eigenvalue weighted by atomic mass is 32.2. The van der Waals surface area contributed by atoms with E-state index in [-0.39, 0.29) is 5.91 Å². The minimum Gasteiger partial charge on any atom is -0.377 e. The molecule has 1 saturated heterocycles. The Balaban J connectivity index is 1.70. The molecule has 0 spiro atoms. The molecule has 2 aromatic carbocycles.